The van der Waals surface area contributed by atoms with E-state index in [1.165, 1.54) is 5.56 Å². The lowest BCUT2D eigenvalue weighted by molar-refractivity contribution is 0.144. The van der Waals surface area contributed by atoms with Crippen LogP contribution < -0.4 is 0 Å². The molecule has 0 amide bonds. The molecule has 0 N–H and O–H groups in total. The third-order valence-corrected chi connectivity index (χ3v) is 2.53. The second-order valence-electron chi connectivity index (χ2n) is 2.99. The number of halogens is 1. The van der Waals surface area contributed by atoms with Crippen LogP contribution in [0.4, 0.5) is 0 Å². The Morgan fingerprint density at radius 2 is 1.86 bits per heavy atom. The predicted molar refractivity (Wildman–Crippen MR) is 68.4 cm³/mol. The fourth-order valence-corrected chi connectivity index (χ4v) is 1.10. The Balaban J connectivity index is 2.29. The van der Waals surface area contributed by atoms with Crippen LogP contribution in [0.2, 0.25) is 0 Å². The molecule has 0 aliphatic carbocycles. The van der Waals surface area contributed by atoms with Gasteiger partial charge in [0.2, 0.25) is 0 Å². The molecule has 0 unspecified atom stereocenters. The van der Waals surface area contributed by atoms with Gasteiger partial charge >= 0.3 is 0 Å². The zero-order valence-corrected chi connectivity index (χ0v) is 10.2. The maximum atomic E-state index is 5.48. The molecule has 1 rings (SSSR count). The molecule has 0 spiro atoms. The van der Waals surface area contributed by atoms with Gasteiger partial charge in [-0.05, 0) is 33.7 Å². The van der Waals surface area contributed by atoms with E-state index in [1.807, 2.05) is 30.3 Å². The summed E-state index contributed by atoms with van der Waals surface area (Å²) in [6, 6.07) is 10.1. The molecule has 0 aliphatic heterocycles. The molecule has 0 aromatic heterocycles. The molecule has 1 nitrogen and oxygen atoms in total. The van der Waals surface area contributed by atoms with Crippen LogP contribution in [0.3, 0.4) is 0 Å². The quantitative estimate of drug-likeness (QED) is 0.595. The van der Waals surface area contributed by atoms with Gasteiger partial charge in [-0.2, -0.15) is 0 Å². The van der Waals surface area contributed by atoms with Crippen LogP contribution in [0.15, 0.2) is 52.6 Å². The fraction of sp³-hybridized carbons (Fsp3) is 0.167. The summed E-state index contributed by atoms with van der Waals surface area (Å²) >= 11 is 2.15. The zero-order valence-electron chi connectivity index (χ0n) is 8.00. The molecule has 0 radical (unpaired) electrons. The number of benzene rings is 1. The van der Waals surface area contributed by atoms with Crippen LogP contribution >= 0.6 is 22.6 Å². The van der Waals surface area contributed by atoms with Gasteiger partial charge in [-0.3, -0.25) is 0 Å². The highest BCUT2D eigenvalue weighted by Crippen LogP contribution is 2.13. The summed E-state index contributed by atoms with van der Waals surface area (Å²) in [4.78, 5) is 0. The molecule has 2 heteroatoms. The molecule has 0 saturated carbocycles. The van der Waals surface area contributed by atoms with E-state index in [-0.39, 0.29) is 0 Å². The van der Waals surface area contributed by atoms with Crippen molar-refractivity contribution in [3.63, 3.8) is 0 Å². The van der Waals surface area contributed by atoms with E-state index in [9.17, 15) is 0 Å². The molecule has 14 heavy (non-hydrogen) atoms. The minimum Gasteiger partial charge on any atom is -0.372 e. The third-order valence-electron chi connectivity index (χ3n) is 1.77. The van der Waals surface area contributed by atoms with Gasteiger partial charge in [-0.1, -0.05) is 43.5 Å². The Hall–Kier alpha value is -0.610. The Morgan fingerprint density at radius 1 is 1.21 bits per heavy atom. The van der Waals surface area contributed by atoms with Crippen LogP contribution in [0.5, 0.6) is 0 Å². The zero-order chi connectivity index (χ0) is 10.4. The second-order valence-corrected chi connectivity index (χ2v) is 4.29. The molecular weight excluding hydrogens is 287 g/mol. The van der Waals surface area contributed by atoms with Crippen LogP contribution in [0.25, 0.3) is 0 Å². The topological polar surface area (TPSA) is 9.23 Å². The first-order valence-corrected chi connectivity index (χ1v) is 5.42. The molecular formula is C12H13IO. The molecule has 0 bridgehead atoms. The Kier molecular flexibility index (Phi) is 4.90. The van der Waals surface area contributed by atoms with Crippen molar-refractivity contribution in [1.29, 1.82) is 0 Å². The highest BCUT2D eigenvalue weighted by atomic mass is 127. The molecule has 0 heterocycles. The summed E-state index contributed by atoms with van der Waals surface area (Å²) < 4.78 is 6.43. The lowest BCUT2D eigenvalue weighted by atomic mass is 10.2. The summed E-state index contributed by atoms with van der Waals surface area (Å²) in [7, 11) is 0. The average molecular weight is 300 g/mol. The minimum absolute atomic E-state index is 0.552. The first-order valence-electron chi connectivity index (χ1n) is 4.34. The lowest BCUT2D eigenvalue weighted by Crippen LogP contribution is -1.97. The SMILES string of the molecule is C=C(I)C(=C)COCc1ccccc1. The number of ether oxygens (including phenoxy) is 1. The fourth-order valence-electron chi connectivity index (χ4n) is 0.945. The predicted octanol–water partition coefficient (Wildman–Crippen LogP) is 3.71. The largest absolute Gasteiger partial charge is 0.372 e. The summed E-state index contributed by atoms with van der Waals surface area (Å²) in [5.41, 5.74) is 2.13. The van der Waals surface area contributed by atoms with Gasteiger partial charge in [-0.25, -0.2) is 0 Å². The van der Waals surface area contributed by atoms with E-state index >= 15 is 0 Å². The molecule has 74 valence electrons. The van der Waals surface area contributed by atoms with Crippen molar-refractivity contribution in [2.45, 2.75) is 6.61 Å². The highest BCUT2D eigenvalue weighted by molar-refractivity contribution is 14.1. The first-order chi connectivity index (χ1) is 6.70. The van der Waals surface area contributed by atoms with Crippen LogP contribution in [-0.2, 0) is 11.3 Å². The molecule has 0 atom stereocenters. The second kappa shape index (κ2) is 5.98. The van der Waals surface area contributed by atoms with Crippen molar-refractivity contribution in [1.82, 2.24) is 0 Å². The van der Waals surface area contributed by atoms with E-state index in [1.54, 1.807) is 0 Å². The number of hydrogen-bond donors (Lipinski definition) is 0. The third kappa shape index (κ3) is 4.07. The lowest BCUT2D eigenvalue weighted by Gasteiger charge is -2.05. The van der Waals surface area contributed by atoms with Gasteiger partial charge < -0.3 is 4.74 Å². The van der Waals surface area contributed by atoms with Gasteiger partial charge in [0.1, 0.15) is 0 Å². The van der Waals surface area contributed by atoms with Crippen LogP contribution in [-0.4, -0.2) is 6.61 Å². The molecule has 0 aliphatic rings. The van der Waals surface area contributed by atoms with Gasteiger partial charge in [0.15, 0.2) is 0 Å². The van der Waals surface area contributed by atoms with Crippen LogP contribution in [0, 0.1) is 0 Å². The van der Waals surface area contributed by atoms with E-state index in [0.29, 0.717) is 13.2 Å². The van der Waals surface area contributed by atoms with E-state index in [2.05, 4.69) is 35.7 Å². The van der Waals surface area contributed by atoms with E-state index in [0.717, 1.165) is 9.15 Å². The average Bonchev–Trinajstić information content (AvgIpc) is 2.19. The molecule has 1 aromatic rings. The van der Waals surface area contributed by atoms with Crippen LogP contribution in [0.1, 0.15) is 5.56 Å². The van der Waals surface area contributed by atoms with Gasteiger partial charge in [0.05, 0.1) is 13.2 Å². The highest BCUT2D eigenvalue weighted by Gasteiger charge is 1.96. The smallest absolute Gasteiger partial charge is 0.0725 e. The Bertz CT molecular complexity index is 316. The maximum Gasteiger partial charge on any atom is 0.0725 e. The summed E-state index contributed by atoms with van der Waals surface area (Å²) in [5, 5.41) is 0. The van der Waals surface area contributed by atoms with Crippen molar-refractivity contribution in [2.24, 2.45) is 0 Å². The molecule has 0 fully saturated rings. The van der Waals surface area contributed by atoms with E-state index in [4.69, 9.17) is 4.74 Å². The van der Waals surface area contributed by atoms with Crippen molar-refractivity contribution in [3.05, 3.63) is 58.2 Å². The van der Waals surface area contributed by atoms with Crippen molar-refractivity contribution < 1.29 is 4.74 Å². The monoisotopic (exact) mass is 300 g/mol. The maximum absolute atomic E-state index is 5.48. The van der Waals surface area contributed by atoms with Crippen molar-refractivity contribution in [3.8, 4) is 0 Å². The van der Waals surface area contributed by atoms with Gasteiger partial charge in [-0.15, -0.1) is 0 Å². The standard InChI is InChI=1S/C12H13IO/c1-10(11(2)13)8-14-9-12-6-4-3-5-7-12/h3-7H,1-2,8-9H2. The first kappa shape index (κ1) is 11.5. The minimum atomic E-state index is 0.552. The molecule has 0 saturated heterocycles. The van der Waals surface area contributed by atoms with Gasteiger partial charge in [0.25, 0.3) is 0 Å². The van der Waals surface area contributed by atoms with Gasteiger partial charge in [0, 0.05) is 3.58 Å². The molecule has 1 aromatic carbocycles. The Labute approximate surface area is 98.6 Å². The van der Waals surface area contributed by atoms with Crippen molar-refractivity contribution >= 4 is 22.6 Å². The Morgan fingerprint density at radius 3 is 2.43 bits per heavy atom. The van der Waals surface area contributed by atoms with E-state index < -0.39 is 0 Å². The van der Waals surface area contributed by atoms with Crippen molar-refractivity contribution in [2.75, 3.05) is 6.61 Å². The summed E-state index contributed by atoms with van der Waals surface area (Å²) in [6.45, 7) is 8.82. The normalized spacial score (nSPS) is 9.79. The number of rotatable bonds is 5. The number of hydrogen-bond acceptors (Lipinski definition) is 1. The summed E-state index contributed by atoms with van der Waals surface area (Å²) in [6.07, 6.45) is 0. The summed E-state index contributed by atoms with van der Waals surface area (Å²) in [5.74, 6) is 0.